The molecule has 0 aromatic rings. The number of hydrogen-bond donors (Lipinski definition) is 1. The number of carbonyl (C=O) groups is 1. The molecule has 0 aromatic carbocycles. The van der Waals surface area contributed by atoms with E-state index in [4.69, 9.17) is 4.74 Å². The minimum atomic E-state index is -3.24. The average molecular weight is 273 g/mol. The molecule has 18 heavy (non-hydrogen) atoms. The van der Waals surface area contributed by atoms with Gasteiger partial charge in [-0.05, 0) is 12.8 Å². The monoisotopic (exact) mass is 273 g/mol. The maximum Gasteiger partial charge on any atom is 0.235 e. The molecule has 0 radical (unpaired) electrons. The van der Waals surface area contributed by atoms with E-state index < -0.39 is 9.84 Å². The van der Waals surface area contributed by atoms with Crippen LogP contribution in [0.3, 0.4) is 0 Å². The van der Waals surface area contributed by atoms with Crippen molar-refractivity contribution in [2.45, 2.75) is 37.0 Å². The van der Waals surface area contributed by atoms with Crippen LogP contribution in [0.15, 0.2) is 0 Å². The molecule has 1 amide bonds. The lowest BCUT2D eigenvalue weighted by Gasteiger charge is -2.12. The van der Waals surface area contributed by atoms with Gasteiger partial charge >= 0.3 is 0 Å². The van der Waals surface area contributed by atoms with Crippen molar-refractivity contribution in [3.63, 3.8) is 0 Å². The summed E-state index contributed by atoms with van der Waals surface area (Å²) in [5.41, 5.74) is 0. The van der Waals surface area contributed by atoms with Crippen LogP contribution in [-0.4, -0.2) is 44.6 Å². The third-order valence-electron chi connectivity index (χ3n) is 4.42. The molecular formula is C12H19NO4S. The first-order chi connectivity index (χ1) is 8.58. The molecule has 5 nitrogen and oxygen atoms in total. The Morgan fingerprint density at radius 1 is 1.17 bits per heavy atom. The highest BCUT2D eigenvalue weighted by Crippen LogP contribution is 2.44. The van der Waals surface area contributed by atoms with Crippen LogP contribution in [0.5, 0.6) is 0 Å². The Kier molecular flexibility index (Phi) is 3.10. The SMILES string of the molecule is O=C(CS(=O)(=O)C1CCCC1)NC1[C@H]2COC[C@@H]12. The van der Waals surface area contributed by atoms with Gasteiger partial charge < -0.3 is 10.1 Å². The van der Waals surface area contributed by atoms with Crippen LogP contribution in [0.4, 0.5) is 0 Å². The Morgan fingerprint density at radius 2 is 1.78 bits per heavy atom. The van der Waals surface area contributed by atoms with Gasteiger partial charge in [0.15, 0.2) is 9.84 Å². The molecule has 2 saturated carbocycles. The average Bonchev–Trinajstić information content (AvgIpc) is 2.85. The van der Waals surface area contributed by atoms with Gasteiger partial charge in [-0.25, -0.2) is 8.42 Å². The van der Waals surface area contributed by atoms with Gasteiger partial charge in [-0.1, -0.05) is 12.8 Å². The number of amides is 1. The minimum absolute atomic E-state index is 0.157. The second-order valence-electron chi connectivity index (χ2n) is 5.67. The third kappa shape index (κ3) is 2.28. The number of hydrogen-bond acceptors (Lipinski definition) is 4. The molecule has 102 valence electrons. The van der Waals surface area contributed by atoms with Crippen molar-refractivity contribution in [3.05, 3.63) is 0 Å². The van der Waals surface area contributed by atoms with Gasteiger partial charge in [0.05, 0.1) is 18.5 Å². The van der Waals surface area contributed by atoms with Crippen LogP contribution in [-0.2, 0) is 19.4 Å². The van der Waals surface area contributed by atoms with Crippen molar-refractivity contribution in [1.29, 1.82) is 0 Å². The summed E-state index contributed by atoms with van der Waals surface area (Å²) in [5, 5.41) is 2.55. The largest absolute Gasteiger partial charge is 0.381 e. The summed E-state index contributed by atoms with van der Waals surface area (Å²) >= 11 is 0. The molecule has 3 fully saturated rings. The fraction of sp³-hybridized carbons (Fsp3) is 0.917. The smallest absolute Gasteiger partial charge is 0.235 e. The fourth-order valence-corrected chi connectivity index (χ4v) is 4.97. The lowest BCUT2D eigenvalue weighted by molar-refractivity contribution is -0.119. The molecule has 3 atom stereocenters. The molecule has 3 aliphatic rings. The summed E-state index contributed by atoms with van der Waals surface area (Å²) in [6, 6.07) is 0.157. The highest BCUT2D eigenvalue weighted by Gasteiger charge is 2.54. The van der Waals surface area contributed by atoms with Gasteiger partial charge in [0, 0.05) is 17.9 Å². The fourth-order valence-electron chi connectivity index (χ4n) is 3.23. The van der Waals surface area contributed by atoms with E-state index in [9.17, 15) is 13.2 Å². The standard InChI is InChI=1S/C12H19NO4S/c14-11(13-12-9-5-17-6-10(9)12)7-18(15,16)8-3-1-2-4-8/h8-10,12H,1-7H2,(H,13,14)/t9-,10+,12?. The van der Waals surface area contributed by atoms with Gasteiger partial charge in [-0.15, -0.1) is 0 Å². The Bertz CT molecular complexity index is 431. The summed E-state index contributed by atoms with van der Waals surface area (Å²) in [4.78, 5) is 11.8. The number of ether oxygens (including phenoxy) is 1. The second kappa shape index (κ2) is 4.49. The molecule has 1 saturated heterocycles. The molecule has 1 heterocycles. The van der Waals surface area contributed by atoms with Crippen LogP contribution in [0.25, 0.3) is 0 Å². The van der Waals surface area contributed by atoms with E-state index >= 15 is 0 Å². The van der Waals surface area contributed by atoms with Gasteiger partial charge in [-0.3, -0.25) is 4.79 Å². The van der Waals surface area contributed by atoms with E-state index in [1.165, 1.54) is 0 Å². The van der Waals surface area contributed by atoms with E-state index in [0.717, 1.165) is 25.7 Å². The zero-order chi connectivity index (χ0) is 12.8. The Balaban J connectivity index is 1.51. The van der Waals surface area contributed by atoms with Crippen molar-refractivity contribution >= 4 is 15.7 Å². The van der Waals surface area contributed by atoms with Crippen LogP contribution in [0.1, 0.15) is 25.7 Å². The molecule has 1 unspecified atom stereocenters. The Labute approximate surface area is 107 Å². The zero-order valence-corrected chi connectivity index (χ0v) is 11.1. The Morgan fingerprint density at radius 3 is 2.39 bits per heavy atom. The molecule has 0 bridgehead atoms. The van der Waals surface area contributed by atoms with E-state index in [2.05, 4.69) is 5.32 Å². The number of fused-ring (bicyclic) bond motifs is 1. The number of rotatable bonds is 4. The first-order valence-electron chi connectivity index (χ1n) is 6.66. The van der Waals surface area contributed by atoms with Crippen LogP contribution in [0.2, 0.25) is 0 Å². The van der Waals surface area contributed by atoms with Crippen molar-refractivity contribution < 1.29 is 17.9 Å². The number of nitrogens with one attached hydrogen (secondary N) is 1. The molecule has 0 aromatic heterocycles. The maximum absolute atomic E-state index is 12.0. The van der Waals surface area contributed by atoms with E-state index in [1.54, 1.807) is 0 Å². The molecule has 0 spiro atoms. The predicted molar refractivity (Wildman–Crippen MR) is 65.8 cm³/mol. The molecular weight excluding hydrogens is 254 g/mol. The maximum atomic E-state index is 12.0. The minimum Gasteiger partial charge on any atom is -0.381 e. The van der Waals surface area contributed by atoms with Crippen molar-refractivity contribution in [3.8, 4) is 0 Å². The second-order valence-corrected chi connectivity index (χ2v) is 7.95. The molecule has 6 heteroatoms. The quantitative estimate of drug-likeness (QED) is 0.789. The summed E-state index contributed by atoms with van der Waals surface area (Å²) < 4.78 is 29.2. The van der Waals surface area contributed by atoms with Gasteiger partial charge in [-0.2, -0.15) is 0 Å². The lowest BCUT2D eigenvalue weighted by Crippen LogP contribution is -2.37. The lowest BCUT2D eigenvalue weighted by atomic mass is 10.4. The summed E-state index contributed by atoms with van der Waals surface area (Å²) in [5.74, 6) is 0.168. The van der Waals surface area contributed by atoms with Crippen molar-refractivity contribution in [2.75, 3.05) is 19.0 Å². The number of sulfone groups is 1. The molecule has 3 rings (SSSR count). The van der Waals surface area contributed by atoms with E-state index in [0.29, 0.717) is 25.0 Å². The van der Waals surface area contributed by atoms with Gasteiger partial charge in [0.25, 0.3) is 0 Å². The highest BCUT2D eigenvalue weighted by atomic mass is 32.2. The normalized spacial score (nSPS) is 35.4. The topological polar surface area (TPSA) is 72.5 Å². The van der Waals surface area contributed by atoms with E-state index in [1.807, 2.05) is 0 Å². The molecule has 2 aliphatic carbocycles. The molecule has 1 aliphatic heterocycles. The first-order valence-corrected chi connectivity index (χ1v) is 8.38. The summed E-state index contributed by atoms with van der Waals surface area (Å²) in [6.07, 6.45) is 3.38. The van der Waals surface area contributed by atoms with Crippen molar-refractivity contribution in [2.24, 2.45) is 11.8 Å². The van der Waals surface area contributed by atoms with Gasteiger partial charge in [0.1, 0.15) is 5.75 Å². The Hall–Kier alpha value is -0.620. The third-order valence-corrected chi connectivity index (χ3v) is 6.57. The van der Waals surface area contributed by atoms with E-state index in [-0.39, 0.29) is 23.0 Å². The first kappa shape index (κ1) is 12.4. The summed E-state index contributed by atoms with van der Waals surface area (Å²) in [7, 11) is -3.24. The zero-order valence-electron chi connectivity index (χ0n) is 10.3. The summed E-state index contributed by atoms with van der Waals surface area (Å²) in [6.45, 7) is 1.40. The molecule has 1 N–H and O–H groups in total. The highest BCUT2D eigenvalue weighted by molar-refractivity contribution is 7.92. The van der Waals surface area contributed by atoms with Crippen LogP contribution >= 0.6 is 0 Å². The number of carbonyl (C=O) groups excluding carboxylic acids is 1. The van der Waals surface area contributed by atoms with Crippen LogP contribution < -0.4 is 5.32 Å². The van der Waals surface area contributed by atoms with Crippen molar-refractivity contribution in [1.82, 2.24) is 5.32 Å². The van der Waals surface area contributed by atoms with Crippen LogP contribution in [0, 0.1) is 11.8 Å². The van der Waals surface area contributed by atoms with Gasteiger partial charge in [0.2, 0.25) is 5.91 Å². The predicted octanol–water partition coefficient (Wildman–Crippen LogP) is 0.105.